The van der Waals surface area contributed by atoms with Crippen LogP contribution in [0.3, 0.4) is 0 Å². The molecule has 2 aliphatic carbocycles. The van der Waals surface area contributed by atoms with Gasteiger partial charge in [-0.25, -0.2) is 9.97 Å². The Morgan fingerprint density at radius 1 is 1.20 bits per heavy atom. The van der Waals surface area contributed by atoms with Gasteiger partial charge in [0.2, 0.25) is 0 Å². The van der Waals surface area contributed by atoms with E-state index in [2.05, 4.69) is 20.2 Å². The number of methoxy groups -OCH3 is 1. The van der Waals surface area contributed by atoms with Crippen molar-refractivity contribution >= 4 is 11.7 Å². The number of ether oxygens (including phenoxy) is 1. The minimum atomic E-state index is -4.15. The number of anilines is 1. The number of piperidine rings is 1. The van der Waals surface area contributed by atoms with E-state index in [9.17, 15) is 18.0 Å². The zero-order valence-electron chi connectivity index (χ0n) is 17.2. The molecule has 1 amide bonds. The third kappa shape index (κ3) is 4.40. The number of aromatic nitrogens is 2. The van der Waals surface area contributed by atoms with Crippen molar-refractivity contribution in [3.63, 3.8) is 0 Å². The second kappa shape index (κ2) is 8.32. The third-order valence-corrected chi connectivity index (χ3v) is 7.24. The Kier molecular flexibility index (Phi) is 5.92. The van der Waals surface area contributed by atoms with E-state index in [4.69, 9.17) is 4.74 Å². The van der Waals surface area contributed by atoms with E-state index in [-0.39, 0.29) is 24.8 Å². The van der Waals surface area contributed by atoms with E-state index in [0.29, 0.717) is 35.7 Å². The van der Waals surface area contributed by atoms with Crippen LogP contribution in [0.4, 0.5) is 19.0 Å². The topological polar surface area (TPSA) is 67.3 Å². The first-order valence-corrected chi connectivity index (χ1v) is 10.7. The van der Waals surface area contributed by atoms with Crippen molar-refractivity contribution in [2.24, 2.45) is 11.3 Å². The van der Waals surface area contributed by atoms with Crippen LogP contribution in [0, 0.1) is 11.3 Å². The Labute approximate surface area is 174 Å². The summed E-state index contributed by atoms with van der Waals surface area (Å²) in [5, 5.41) is 2.91. The number of halogens is 3. The van der Waals surface area contributed by atoms with Crippen LogP contribution in [-0.4, -0.2) is 54.4 Å². The van der Waals surface area contributed by atoms with Crippen molar-refractivity contribution in [1.29, 1.82) is 0 Å². The molecule has 6 nitrogen and oxygen atoms in total. The molecule has 4 rings (SSSR count). The number of nitrogens with one attached hydrogen (secondary N) is 1. The standard InChI is InChI=1S/C21H29F3N4O2/c1-30-16-10-20(11-16)6-8-28(9-7-20)18-17(12-25-13-26-18)19(29)27-15-4-2-14(3-5-15)21(22,23)24/h12-16H,2-11H2,1H3,(H,27,29). The van der Waals surface area contributed by atoms with E-state index in [0.717, 1.165) is 38.8 Å². The average molecular weight is 426 g/mol. The lowest BCUT2D eigenvalue weighted by molar-refractivity contribution is -0.182. The van der Waals surface area contributed by atoms with Gasteiger partial charge in [0.25, 0.3) is 5.91 Å². The molecule has 3 aliphatic rings. The van der Waals surface area contributed by atoms with Crippen molar-refractivity contribution in [1.82, 2.24) is 15.3 Å². The van der Waals surface area contributed by atoms with Gasteiger partial charge in [-0.05, 0) is 56.8 Å². The molecule has 1 spiro atoms. The normalized spacial score (nSPS) is 27.0. The molecular formula is C21H29F3N4O2. The Morgan fingerprint density at radius 2 is 1.87 bits per heavy atom. The predicted molar refractivity (Wildman–Crippen MR) is 105 cm³/mol. The van der Waals surface area contributed by atoms with Gasteiger partial charge in [-0.1, -0.05) is 0 Å². The maximum absolute atomic E-state index is 12.9. The molecule has 0 aromatic carbocycles. The molecule has 1 aliphatic heterocycles. The van der Waals surface area contributed by atoms with Crippen LogP contribution in [-0.2, 0) is 4.74 Å². The van der Waals surface area contributed by atoms with Gasteiger partial charge < -0.3 is 15.0 Å². The molecule has 30 heavy (non-hydrogen) atoms. The van der Waals surface area contributed by atoms with Crippen LogP contribution in [0.25, 0.3) is 0 Å². The number of carbonyl (C=O) groups excluding carboxylic acids is 1. The van der Waals surface area contributed by atoms with E-state index in [1.54, 1.807) is 7.11 Å². The molecule has 1 saturated heterocycles. The monoisotopic (exact) mass is 426 g/mol. The highest BCUT2D eigenvalue weighted by molar-refractivity contribution is 5.98. The fourth-order valence-electron chi connectivity index (χ4n) is 5.24. The summed E-state index contributed by atoms with van der Waals surface area (Å²) in [5.74, 6) is -0.945. The molecule has 2 saturated carbocycles. The summed E-state index contributed by atoms with van der Waals surface area (Å²) in [7, 11) is 1.76. The van der Waals surface area contributed by atoms with Crippen LogP contribution in [0.15, 0.2) is 12.5 Å². The number of amides is 1. The average Bonchev–Trinajstić information content (AvgIpc) is 2.72. The van der Waals surface area contributed by atoms with Crippen LogP contribution in [0.5, 0.6) is 0 Å². The minimum Gasteiger partial charge on any atom is -0.381 e. The van der Waals surface area contributed by atoms with Crippen molar-refractivity contribution in [3.8, 4) is 0 Å². The lowest BCUT2D eigenvalue weighted by Gasteiger charge is -2.51. The zero-order valence-corrected chi connectivity index (χ0v) is 17.2. The van der Waals surface area contributed by atoms with Crippen molar-refractivity contribution in [3.05, 3.63) is 18.1 Å². The van der Waals surface area contributed by atoms with Gasteiger partial charge in [-0.3, -0.25) is 4.79 Å². The first-order valence-electron chi connectivity index (χ1n) is 10.7. The lowest BCUT2D eigenvalue weighted by atomic mass is 9.61. The zero-order chi connectivity index (χ0) is 21.4. The molecular weight excluding hydrogens is 397 g/mol. The molecule has 2 heterocycles. The molecule has 0 unspecified atom stereocenters. The van der Waals surface area contributed by atoms with E-state index >= 15 is 0 Å². The Balaban J connectivity index is 1.35. The second-order valence-electron chi connectivity index (χ2n) is 9.08. The lowest BCUT2D eigenvalue weighted by Crippen LogP contribution is -2.50. The van der Waals surface area contributed by atoms with Crippen molar-refractivity contribution in [2.45, 2.75) is 69.7 Å². The molecule has 9 heteroatoms. The molecule has 3 fully saturated rings. The van der Waals surface area contributed by atoms with Gasteiger partial charge in [0.15, 0.2) is 0 Å². The van der Waals surface area contributed by atoms with Crippen molar-refractivity contribution in [2.75, 3.05) is 25.1 Å². The van der Waals surface area contributed by atoms with E-state index in [1.165, 1.54) is 12.5 Å². The van der Waals surface area contributed by atoms with Gasteiger partial charge >= 0.3 is 6.18 Å². The molecule has 0 bridgehead atoms. The molecule has 0 radical (unpaired) electrons. The second-order valence-corrected chi connectivity index (χ2v) is 9.08. The van der Waals surface area contributed by atoms with Crippen LogP contribution in [0.1, 0.15) is 61.7 Å². The van der Waals surface area contributed by atoms with E-state index < -0.39 is 12.1 Å². The fraction of sp³-hybridized carbons (Fsp3) is 0.762. The number of alkyl halides is 3. The number of nitrogens with zero attached hydrogens (tertiary/aromatic N) is 3. The number of hydrogen-bond donors (Lipinski definition) is 1. The van der Waals surface area contributed by atoms with Crippen LogP contribution in [0.2, 0.25) is 0 Å². The molecule has 166 valence electrons. The quantitative estimate of drug-likeness (QED) is 0.795. The number of rotatable bonds is 4. The SMILES string of the molecule is COC1CC2(CCN(c3ncncc3C(=O)NC3CCC(C(F)(F)F)CC3)CC2)C1. The highest BCUT2D eigenvalue weighted by atomic mass is 19.4. The number of carbonyl (C=O) groups is 1. The molecule has 1 aromatic heterocycles. The summed E-state index contributed by atoms with van der Waals surface area (Å²) in [6.07, 6.45) is 4.23. The summed E-state index contributed by atoms with van der Waals surface area (Å²) in [5.41, 5.74) is 0.749. The van der Waals surface area contributed by atoms with Crippen LogP contribution >= 0.6 is 0 Å². The van der Waals surface area contributed by atoms with Crippen LogP contribution < -0.4 is 10.2 Å². The maximum Gasteiger partial charge on any atom is 0.391 e. The summed E-state index contributed by atoms with van der Waals surface area (Å²) in [6.45, 7) is 1.65. The smallest absolute Gasteiger partial charge is 0.381 e. The first-order chi connectivity index (χ1) is 14.3. The van der Waals surface area contributed by atoms with Gasteiger partial charge in [-0.15, -0.1) is 0 Å². The van der Waals surface area contributed by atoms with Gasteiger partial charge in [-0.2, -0.15) is 13.2 Å². The predicted octanol–water partition coefficient (Wildman–Crippen LogP) is 3.72. The molecule has 0 atom stereocenters. The van der Waals surface area contributed by atoms with Gasteiger partial charge in [0.05, 0.1) is 12.0 Å². The summed E-state index contributed by atoms with van der Waals surface area (Å²) >= 11 is 0. The number of hydrogen-bond acceptors (Lipinski definition) is 5. The summed E-state index contributed by atoms with van der Waals surface area (Å²) in [6, 6.07) is -0.241. The minimum absolute atomic E-state index is 0.0588. The molecule has 1 aromatic rings. The highest BCUT2D eigenvalue weighted by Crippen LogP contribution is 2.50. The third-order valence-electron chi connectivity index (χ3n) is 7.24. The first kappa shape index (κ1) is 21.3. The Hall–Kier alpha value is -1.90. The van der Waals surface area contributed by atoms with Gasteiger partial charge in [0.1, 0.15) is 17.7 Å². The maximum atomic E-state index is 12.9. The fourth-order valence-corrected chi connectivity index (χ4v) is 5.24. The largest absolute Gasteiger partial charge is 0.391 e. The summed E-state index contributed by atoms with van der Waals surface area (Å²) in [4.78, 5) is 23.4. The Morgan fingerprint density at radius 3 is 2.47 bits per heavy atom. The van der Waals surface area contributed by atoms with Crippen molar-refractivity contribution < 1.29 is 22.7 Å². The molecule has 1 N–H and O–H groups in total. The highest BCUT2D eigenvalue weighted by Gasteiger charge is 2.46. The Bertz CT molecular complexity index is 749. The van der Waals surface area contributed by atoms with E-state index in [1.807, 2.05) is 0 Å². The van der Waals surface area contributed by atoms with Gasteiger partial charge in [0, 0.05) is 32.4 Å². The summed E-state index contributed by atoms with van der Waals surface area (Å²) < 4.78 is 44.0.